The second-order valence-corrected chi connectivity index (χ2v) is 35.2. The molecule has 10 heterocycles. The van der Waals surface area contributed by atoms with Gasteiger partial charge in [0.05, 0.1) is 77.8 Å². The van der Waals surface area contributed by atoms with E-state index in [0.717, 1.165) is 56.7 Å². The largest absolute Gasteiger partial charge is 0.449 e. The molecule has 129 heavy (non-hydrogen) atoms. The zero-order chi connectivity index (χ0) is 96.3. The summed E-state index contributed by atoms with van der Waals surface area (Å²) in [5, 5.41) is 19.5. The van der Waals surface area contributed by atoms with Gasteiger partial charge in [-0.25, -0.2) is 34.9 Å². The Labute approximate surface area is 771 Å². The number of nitrogens with zero attached hydrogens (tertiary/aromatic N) is 15. The molecule has 694 valence electrons. The number of hydrogen-bond acceptors (Lipinski definition) is 28. The maximum atomic E-state index is 11.3. The molecule has 0 fully saturated rings. The Kier molecular flexibility index (Phi) is 56.9. The minimum Gasteiger partial charge on any atom is -0.449 e. The van der Waals surface area contributed by atoms with E-state index >= 15 is 0 Å². The number of carbonyl (C=O) groups excluding carboxylic acids is 10. The van der Waals surface area contributed by atoms with E-state index in [1.807, 2.05) is 208 Å². The number of benzene rings is 1. The molecule has 29 heteroatoms. The molecule has 1 aliphatic rings. The molecule has 1 N–H and O–H groups in total. The molecule has 1 aliphatic carbocycles. The number of pyridine rings is 2. The molecule has 0 saturated heterocycles. The fraction of sp³-hybridized carbons (Fsp3) is 0.460. The molecular formula is C100H136N16O11S2. The average Bonchev–Trinajstić information content (AvgIpc) is 1.70. The van der Waals surface area contributed by atoms with E-state index in [4.69, 9.17) is 4.42 Å². The molecule has 0 aliphatic heterocycles. The number of thiazole rings is 2. The number of oxazole rings is 1. The van der Waals surface area contributed by atoms with Gasteiger partial charge in [-0.2, -0.15) is 15.3 Å². The van der Waals surface area contributed by atoms with Crippen LogP contribution in [0.2, 0.25) is 0 Å². The van der Waals surface area contributed by atoms with Crippen molar-refractivity contribution in [1.82, 2.24) is 80.1 Å². The van der Waals surface area contributed by atoms with Gasteiger partial charge in [-0.15, -0.1) is 22.7 Å². The van der Waals surface area contributed by atoms with Crippen LogP contribution in [0.1, 0.15) is 237 Å². The third-order valence-corrected chi connectivity index (χ3v) is 19.9. The second kappa shape index (κ2) is 64.8. The number of Topliss-reactive ketones (excluding diaryl/α,β-unsaturated/α-hetero) is 10. The molecule has 10 aromatic heterocycles. The lowest BCUT2D eigenvalue weighted by atomic mass is 10.0. The first-order valence-electron chi connectivity index (χ1n) is 43.7. The molecule has 0 saturated carbocycles. The van der Waals surface area contributed by atoms with Gasteiger partial charge in [0.1, 0.15) is 76.2 Å². The van der Waals surface area contributed by atoms with Crippen LogP contribution in [-0.4, -0.2) is 140 Å². The summed E-state index contributed by atoms with van der Waals surface area (Å²) in [5.41, 5.74) is 11.7. The maximum absolute atomic E-state index is 11.3. The smallest absolute Gasteiger partial charge is 0.201 e. The SMILES string of the molecule is CC(C)C(=O)Cc1ccccc1.CC(C)C(=O)Cc1cccnc1.CC(C)C(=O)Cc1cccnn1.CC(C)C(=O)Cc1ccncn1.CC(C)C(=O)Cc1cnccn1.CC(C)C(=O)Cc1cscn1.CC(C)C(=O)Cc1ncccn1.CC(C)C(=O)Cc1ncco1.CC(C)C(=O)Cc1nccs1.CC(C)c1cc2c(cn1)CC(=O)C2.CNCc1cnn(C(C)C)c1. The van der Waals surface area contributed by atoms with Crippen LogP contribution in [0.4, 0.5) is 0 Å². The highest BCUT2D eigenvalue weighted by Gasteiger charge is 2.21. The van der Waals surface area contributed by atoms with Crippen LogP contribution in [0.25, 0.3) is 0 Å². The Morgan fingerprint density at radius 2 is 0.938 bits per heavy atom. The molecule has 0 atom stereocenters. The monoisotopic (exact) mass is 1800 g/mol. The van der Waals surface area contributed by atoms with Crippen molar-refractivity contribution in [3.8, 4) is 0 Å². The van der Waals surface area contributed by atoms with Crippen molar-refractivity contribution in [3.05, 3.63) is 261 Å². The number of aromatic nitrogens is 15. The summed E-state index contributed by atoms with van der Waals surface area (Å²) in [6, 6.07) is 23.3. The Bertz CT molecular complexity index is 4370. The highest BCUT2D eigenvalue weighted by molar-refractivity contribution is 7.09. The van der Waals surface area contributed by atoms with Crippen molar-refractivity contribution < 1.29 is 52.4 Å². The standard InChI is InChI=1S/C11H13NO.C11H14O.C10H13NO.4C9H12N2O.C8H15N3.C8H11NO2.2C8H11NOS/c1-7(2)11-5-8-3-10(13)4-9(8)6-12-11;1-9(2)11(12)8-10-6-4-3-5-7-10;1-8(2)10(12)6-9-4-3-5-11-7-9;1-7(2)9(12)5-8-6-10-3-4-11-8;1-7(2)9(12)5-8-3-4-10-6-11-8;1-7(2)8(12)6-9-10-4-3-5-11-9;1-7(2)9(12)6-8-4-3-5-10-11-8;1-7(2)11-6-8(4-9-3)5-10-11;1-6(2)7(10)5-8-9-3-4-11-8;1-6(2)8(10)3-7-4-11-5-9-7;1-6(2)7(10)5-8-9-3-4-11-8/h5-7H,3-4H2,1-2H3;3-7,9H,8H2,1-2H3;3-5,7-8H,6H2,1-2H3;2*3-4,6-7H,5H2,1-2H3;2*3-5,7H,6H2,1-2H3;5-7,9H,4H2,1-3H3;3-4,6H,5H2,1-2H3;4-6H,3H2,1-2H3;3-4,6H,5H2,1-2H3. The van der Waals surface area contributed by atoms with Crippen LogP contribution in [0, 0.1) is 53.3 Å². The van der Waals surface area contributed by atoms with Gasteiger partial charge in [-0.1, -0.05) is 175 Å². The van der Waals surface area contributed by atoms with Crippen LogP contribution in [0.5, 0.6) is 0 Å². The lowest BCUT2D eigenvalue weighted by molar-refractivity contribution is -0.122. The number of rotatable bonds is 31. The minimum atomic E-state index is 0.0573. The van der Waals surface area contributed by atoms with Crippen molar-refractivity contribution >= 4 is 80.5 Å². The van der Waals surface area contributed by atoms with Crippen LogP contribution >= 0.6 is 22.7 Å². The maximum Gasteiger partial charge on any atom is 0.201 e. The summed E-state index contributed by atoms with van der Waals surface area (Å²) in [4.78, 5) is 156. The number of carbonyl (C=O) groups is 10. The van der Waals surface area contributed by atoms with Crippen LogP contribution < -0.4 is 5.32 Å². The summed E-state index contributed by atoms with van der Waals surface area (Å²) in [7, 11) is 1.94. The third kappa shape index (κ3) is 52.3. The number of hydrogen-bond donors (Lipinski definition) is 1. The van der Waals surface area contributed by atoms with Crippen molar-refractivity contribution in [2.45, 2.75) is 241 Å². The van der Waals surface area contributed by atoms with E-state index in [1.165, 1.54) is 46.4 Å². The van der Waals surface area contributed by atoms with Gasteiger partial charge in [0, 0.05) is 201 Å². The predicted molar refractivity (Wildman–Crippen MR) is 508 cm³/mol. The van der Waals surface area contributed by atoms with Gasteiger partial charge in [-0.3, -0.25) is 72.6 Å². The van der Waals surface area contributed by atoms with E-state index in [9.17, 15) is 47.9 Å². The van der Waals surface area contributed by atoms with Gasteiger partial charge < -0.3 is 9.73 Å². The summed E-state index contributed by atoms with van der Waals surface area (Å²) in [6.45, 7) is 43.5. The number of ketones is 10. The highest BCUT2D eigenvalue weighted by atomic mass is 32.1. The lowest BCUT2D eigenvalue weighted by Gasteiger charge is -2.05. The van der Waals surface area contributed by atoms with E-state index in [1.54, 1.807) is 91.9 Å². The van der Waals surface area contributed by atoms with Crippen LogP contribution in [0.3, 0.4) is 0 Å². The summed E-state index contributed by atoms with van der Waals surface area (Å²) in [5.74, 6) is 4.80. The number of fused-ring (bicyclic) bond motifs is 1. The van der Waals surface area contributed by atoms with Gasteiger partial charge in [0.15, 0.2) is 0 Å². The Hall–Kier alpha value is -11.8. The lowest BCUT2D eigenvalue weighted by Crippen LogP contribution is -2.12. The van der Waals surface area contributed by atoms with E-state index in [-0.39, 0.29) is 99.5 Å². The Balaban J connectivity index is 0.000000481. The third-order valence-electron chi connectivity index (χ3n) is 18.5. The molecule has 27 nitrogen and oxygen atoms in total. The van der Waals surface area contributed by atoms with E-state index < -0.39 is 0 Å². The molecule has 0 spiro atoms. The summed E-state index contributed by atoms with van der Waals surface area (Å²) in [6.07, 6.45) is 32.0. The first-order valence-corrected chi connectivity index (χ1v) is 45.5. The van der Waals surface area contributed by atoms with Crippen molar-refractivity contribution in [3.63, 3.8) is 0 Å². The summed E-state index contributed by atoms with van der Waals surface area (Å²) >= 11 is 3.07. The molecule has 0 bridgehead atoms. The zero-order valence-electron chi connectivity index (χ0n) is 79.7. The fourth-order valence-corrected chi connectivity index (χ4v) is 11.0. The molecule has 0 radical (unpaired) electrons. The van der Waals surface area contributed by atoms with Gasteiger partial charge >= 0.3 is 0 Å². The Morgan fingerprint density at radius 1 is 0.411 bits per heavy atom. The molecule has 11 aromatic rings. The van der Waals surface area contributed by atoms with E-state index in [2.05, 4.69) is 115 Å². The first-order chi connectivity index (χ1) is 61.2. The topological polar surface area (TPSA) is 381 Å². The molecule has 12 rings (SSSR count). The molecule has 1 aromatic carbocycles. The van der Waals surface area contributed by atoms with Crippen LogP contribution in [-0.2, 0) is 125 Å². The quantitative estimate of drug-likeness (QED) is 0.0421. The van der Waals surface area contributed by atoms with Crippen molar-refractivity contribution in [2.75, 3.05) is 7.05 Å². The van der Waals surface area contributed by atoms with Gasteiger partial charge in [0.2, 0.25) is 5.89 Å². The molecule has 0 unspecified atom stereocenters. The van der Waals surface area contributed by atoms with Crippen LogP contribution in [0.15, 0.2) is 193 Å². The average molecular weight is 1800 g/mol. The van der Waals surface area contributed by atoms with Gasteiger partial charge in [0.25, 0.3) is 0 Å². The highest BCUT2D eigenvalue weighted by Crippen LogP contribution is 2.23. The minimum absolute atomic E-state index is 0.0573. The second-order valence-electron chi connectivity index (χ2n) is 33.5. The fourth-order valence-electron chi connectivity index (χ4n) is 9.83. The number of nitrogens with one attached hydrogen (secondary N) is 1. The van der Waals surface area contributed by atoms with Crippen molar-refractivity contribution in [2.24, 2.45) is 53.3 Å². The molecule has 0 amide bonds. The summed E-state index contributed by atoms with van der Waals surface area (Å²) < 4.78 is 6.89. The molecular weight excluding hydrogens is 1670 g/mol. The zero-order valence-corrected chi connectivity index (χ0v) is 81.4. The van der Waals surface area contributed by atoms with E-state index in [0.29, 0.717) is 106 Å². The first kappa shape index (κ1) is 113. The van der Waals surface area contributed by atoms with Crippen molar-refractivity contribution in [1.29, 1.82) is 0 Å². The van der Waals surface area contributed by atoms with Gasteiger partial charge in [-0.05, 0) is 85.5 Å². The Morgan fingerprint density at radius 3 is 1.41 bits per heavy atom. The predicted octanol–water partition coefficient (Wildman–Crippen LogP) is 17.6. The normalized spacial score (nSPS) is 10.9.